The van der Waals surface area contributed by atoms with Gasteiger partial charge in [-0.05, 0) is 30.3 Å². The predicted molar refractivity (Wildman–Crippen MR) is 97.2 cm³/mol. The highest BCUT2D eigenvalue weighted by molar-refractivity contribution is 6.30. The zero-order chi connectivity index (χ0) is 19.2. The van der Waals surface area contributed by atoms with Gasteiger partial charge in [0.15, 0.2) is 6.61 Å². The third-order valence-corrected chi connectivity index (χ3v) is 3.61. The van der Waals surface area contributed by atoms with E-state index in [1.807, 2.05) is 6.07 Å². The molecule has 0 bridgehead atoms. The minimum Gasteiger partial charge on any atom is -0.454 e. The predicted octanol–water partition coefficient (Wildman–Crippen LogP) is 2.34. The van der Waals surface area contributed by atoms with Gasteiger partial charge in [-0.15, -0.1) is 5.10 Å². The second kappa shape index (κ2) is 8.33. The highest BCUT2D eigenvalue weighted by atomic mass is 35.5. The quantitative estimate of drug-likeness (QED) is 0.651. The molecule has 0 unspecified atom stereocenters. The molecule has 0 saturated carbocycles. The van der Waals surface area contributed by atoms with E-state index in [1.54, 1.807) is 48.5 Å². The van der Waals surface area contributed by atoms with Gasteiger partial charge in [0.1, 0.15) is 6.54 Å². The third kappa shape index (κ3) is 5.05. The smallest absolute Gasteiger partial charge is 0.437 e. The van der Waals surface area contributed by atoms with Crippen molar-refractivity contribution in [2.45, 2.75) is 6.54 Å². The average molecular weight is 388 g/mol. The van der Waals surface area contributed by atoms with Crippen molar-refractivity contribution < 1.29 is 18.7 Å². The molecule has 0 fully saturated rings. The zero-order valence-corrected chi connectivity index (χ0v) is 14.7. The van der Waals surface area contributed by atoms with Gasteiger partial charge in [-0.25, -0.2) is 4.79 Å². The summed E-state index contributed by atoms with van der Waals surface area (Å²) < 4.78 is 10.7. The number of anilines is 1. The Labute approximate surface area is 158 Å². The van der Waals surface area contributed by atoms with E-state index in [0.717, 1.165) is 4.68 Å². The molecule has 0 radical (unpaired) electrons. The molecule has 2 aromatic carbocycles. The molecular weight excluding hydrogens is 374 g/mol. The summed E-state index contributed by atoms with van der Waals surface area (Å²) in [5.74, 6) is -2.05. The summed E-state index contributed by atoms with van der Waals surface area (Å²) in [5.41, 5.74) is 1.08. The van der Waals surface area contributed by atoms with Gasteiger partial charge in [-0.2, -0.15) is 4.68 Å². The molecule has 0 aliphatic heterocycles. The fraction of sp³-hybridized carbons (Fsp3) is 0.111. The Bertz CT molecular complexity index is 1010. The summed E-state index contributed by atoms with van der Waals surface area (Å²) in [6, 6.07) is 15.3. The molecule has 3 rings (SSSR count). The van der Waals surface area contributed by atoms with Crippen LogP contribution in [0.15, 0.2) is 63.8 Å². The third-order valence-electron chi connectivity index (χ3n) is 3.38. The average Bonchev–Trinajstić information content (AvgIpc) is 3.01. The molecule has 1 amide bonds. The minimum atomic E-state index is -0.800. The van der Waals surface area contributed by atoms with Crippen molar-refractivity contribution >= 4 is 29.2 Å². The van der Waals surface area contributed by atoms with Crippen molar-refractivity contribution in [1.82, 2.24) is 9.78 Å². The van der Waals surface area contributed by atoms with Crippen LogP contribution in [-0.2, 0) is 20.9 Å². The number of ether oxygens (including phenoxy) is 1. The van der Waals surface area contributed by atoms with Gasteiger partial charge < -0.3 is 14.5 Å². The first-order chi connectivity index (χ1) is 13.0. The lowest BCUT2D eigenvalue weighted by atomic mass is 10.2. The number of carbonyl (C=O) groups excluding carboxylic acids is 2. The Morgan fingerprint density at radius 2 is 1.93 bits per heavy atom. The Kier molecular flexibility index (Phi) is 5.68. The van der Waals surface area contributed by atoms with Crippen LogP contribution in [0.1, 0.15) is 0 Å². The molecule has 9 heteroatoms. The van der Waals surface area contributed by atoms with E-state index < -0.39 is 30.8 Å². The van der Waals surface area contributed by atoms with Crippen LogP contribution in [0, 0.1) is 0 Å². The maximum Gasteiger partial charge on any atom is 0.437 e. The number of carbonyl (C=O) groups is 2. The number of hydrogen-bond donors (Lipinski definition) is 1. The topological polar surface area (TPSA) is 103 Å². The Morgan fingerprint density at radius 1 is 1.15 bits per heavy atom. The van der Waals surface area contributed by atoms with Gasteiger partial charge in [-0.1, -0.05) is 35.9 Å². The number of amides is 1. The van der Waals surface area contributed by atoms with Gasteiger partial charge in [0.25, 0.3) is 5.91 Å². The number of hydrogen-bond acceptors (Lipinski definition) is 6. The number of nitrogens with one attached hydrogen (secondary N) is 1. The van der Waals surface area contributed by atoms with Crippen LogP contribution in [0.2, 0.25) is 5.02 Å². The molecule has 27 heavy (non-hydrogen) atoms. The molecule has 0 atom stereocenters. The Morgan fingerprint density at radius 3 is 2.67 bits per heavy atom. The van der Waals surface area contributed by atoms with E-state index >= 15 is 0 Å². The zero-order valence-electron chi connectivity index (χ0n) is 13.9. The normalized spacial score (nSPS) is 10.4. The molecule has 1 heterocycles. The Hall–Kier alpha value is -3.39. The number of aromatic nitrogens is 2. The number of esters is 1. The highest BCUT2D eigenvalue weighted by Crippen LogP contribution is 2.15. The summed E-state index contributed by atoms with van der Waals surface area (Å²) in [5, 5.41) is 6.94. The maximum atomic E-state index is 11.9. The molecule has 0 aliphatic rings. The number of nitrogens with zero attached hydrogens (tertiary/aromatic N) is 2. The van der Waals surface area contributed by atoms with E-state index in [0.29, 0.717) is 16.3 Å². The lowest BCUT2D eigenvalue weighted by Crippen LogP contribution is -2.26. The van der Waals surface area contributed by atoms with Crippen LogP contribution >= 0.6 is 11.6 Å². The lowest BCUT2D eigenvalue weighted by Gasteiger charge is -2.06. The van der Waals surface area contributed by atoms with Crippen molar-refractivity contribution in [3.8, 4) is 11.5 Å². The van der Waals surface area contributed by atoms with Crippen molar-refractivity contribution in [2.75, 3.05) is 11.9 Å². The fourth-order valence-electron chi connectivity index (χ4n) is 2.18. The molecule has 138 valence electrons. The molecule has 3 aromatic rings. The van der Waals surface area contributed by atoms with Gasteiger partial charge in [0.05, 0.1) is 0 Å². The van der Waals surface area contributed by atoms with Crippen LogP contribution in [0.4, 0.5) is 5.69 Å². The van der Waals surface area contributed by atoms with Crippen molar-refractivity contribution in [3.63, 3.8) is 0 Å². The summed E-state index contributed by atoms with van der Waals surface area (Å²) in [7, 11) is 0. The lowest BCUT2D eigenvalue weighted by molar-refractivity contribution is -0.148. The number of halogens is 1. The van der Waals surface area contributed by atoms with Crippen molar-refractivity contribution in [3.05, 3.63) is 70.2 Å². The number of rotatable bonds is 6. The molecule has 1 aromatic heterocycles. The standard InChI is InChI=1S/C18H14ClN3O5/c19-13-7-4-8-14(9-13)20-15(23)11-26-16(24)10-22-18(25)27-17(21-22)12-5-2-1-3-6-12/h1-9H,10-11H2,(H,20,23). The molecule has 1 N–H and O–H groups in total. The molecule has 0 spiro atoms. The van der Waals surface area contributed by atoms with Crippen LogP contribution < -0.4 is 11.1 Å². The summed E-state index contributed by atoms with van der Waals surface area (Å²) in [4.78, 5) is 35.5. The second-order valence-electron chi connectivity index (χ2n) is 5.42. The van der Waals surface area contributed by atoms with E-state index in [4.69, 9.17) is 20.8 Å². The van der Waals surface area contributed by atoms with Gasteiger partial charge in [0, 0.05) is 16.3 Å². The second-order valence-corrected chi connectivity index (χ2v) is 5.85. The van der Waals surface area contributed by atoms with E-state index in [9.17, 15) is 14.4 Å². The Balaban J connectivity index is 1.54. The summed E-state index contributed by atoms with van der Waals surface area (Å²) in [6.45, 7) is -0.983. The van der Waals surface area contributed by atoms with Crippen molar-refractivity contribution in [1.29, 1.82) is 0 Å². The van der Waals surface area contributed by atoms with Crippen LogP contribution in [0.3, 0.4) is 0 Å². The summed E-state index contributed by atoms with van der Waals surface area (Å²) in [6.07, 6.45) is 0. The monoisotopic (exact) mass is 387 g/mol. The first kappa shape index (κ1) is 18.4. The van der Waals surface area contributed by atoms with Gasteiger partial charge in [0.2, 0.25) is 5.89 Å². The number of benzene rings is 2. The van der Waals surface area contributed by atoms with E-state index in [2.05, 4.69) is 10.4 Å². The van der Waals surface area contributed by atoms with Crippen molar-refractivity contribution in [2.24, 2.45) is 0 Å². The molecule has 0 aliphatic carbocycles. The van der Waals surface area contributed by atoms with Crippen LogP contribution in [0.25, 0.3) is 11.5 Å². The van der Waals surface area contributed by atoms with Gasteiger partial charge >= 0.3 is 11.7 Å². The first-order valence-corrected chi connectivity index (χ1v) is 8.23. The van der Waals surface area contributed by atoms with Crippen LogP contribution in [0.5, 0.6) is 0 Å². The minimum absolute atomic E-state index is 0.0899. The fourth-order valence-corrected chi connectivity index (χ4v) is 2.37. The van der Waals surface area contributed by atoms with Crippen LogP contribution in [-0.4, -0.2) is 28.3 Å². The molecule has 8 nitrogen and oxygen atoms in total. The molecule has 0 saturated heterocycles. The largest absolute Gasteiger partial charge is 0.454 e. The SMILES string of the molecule is O=C(COC(=O)Cn1nc(-c2ccccc2)oc1=O)Nc1cccc(Cl)c1. The van der Waals surface area contributed by atoms with E-state index in [-0.39, 0.29) is 5.89 Å². The van der Waals surface area contributed by atoms with E-state index in [1.165, 1.54) is 0 Å². The first-order valence-electron chi connectivity index (χ1n) is 7.86. The van der Waals surface area contributed by atoms with Gasteiger partial charge in [-0.3, -0.25) is 9.59 Å². The molecular formula is C18H14ClN3O5. The maximum absolute atomic E-state index is 11.9. The summed E-state index contributed by atoms with van der Waals surface area (Å²) >= 11 is 5.82. The highest BCUT2D eigenvalue weighted by Gasteiger charge is 2.15.